The van der Waals surface area contributed by atoms with Crippen molar-refractivity contribution in [2.45, 2.75) is 6.61 Å². The van der Waals surface area contributed by atoms with Gasteiger partial charge in [-0.05, 0) is 36.4 Å². The third-order valence-electron chi connectivity index (χ3n) is 4.10. The van der Waals surface area contributed by atoms with Gasteiger partial charge in [0.15, 0.2) is 0 Å². The summed E-state index contributed by atoms with van der Waals surface area (Å²) < 4.78 is 19.5. The molecule has 0 aromatic heterocycles. The van der Waals surface area contributed by atoms with Crippen LogP contribution in [0.25, 0.3) is 6.08 Å². The number of halogens is 3. The maximum Gasteiger partial charge on any atom is 0.266 e. The molecule has 4 nitrogen and oxygen atoms in total. The van der Waals surface area contributed by atoms with Crippen molar-refractivity contribution in [1.82, 2.24) is 0 Å². The number of para-hydroxylation sites is 1. The molecule has 0 aliphatic rings. The van der Waals surface area contributed by atoms with E-state index in [-0.39, 0.29) is 23.0 Å². The first-order chi connectivity index (χ1) is 14.5. The van der Waals surface area contributed by atoms with E-state index in [2.05, 4.69) is 5.32 Å². The Morgan fingerprint density at radius 1 is 1.07 bits per heavy atom. The van der Waals surface area contributed by atoms with Crippen LogP contribution in [0.4, 0.5) is 10.1 Å². The molecule has 0 bridgehead atoms. The van der Waals surface area contributed by atoms with Gasteiger partial charge in [-0.1, -0.05) is 59.6 Å². The summed E-state index contributed by atoms with van der Waals surface area (Å²) in [6, 6.07) is 19.6. The molecule has 0 spiro atoms. The number of amides is 1. The quantitative estimate of drug-likeness (QED) is 0.363. The molecule has 0 aliphatic carbocycles. The Morgan fingerprint density at radius 3 is 2.53 bits per heavy atom. The van der Waals surface area contributed by atoms with Crippen LogP contribution in [0.15, 0.2) is 72.3 Å². The molecule has 1 amide bonds. The lowest BCUT2D eigenvalue weighted by Gasteiger charge is -2.10. The Kier molecular flexibility index (Phi) is 7.08. The Bertz CT molecular complexity index is 1160. The number of hydrogen-bond donors (Lipinski definition) is 1. The van der Waals surface area contributed by atoms with Gasteiger partial charge in [-0.15, -0.1) is 0 Å². The first-order valence-electron chi connectivity index (χ1n) is 8.81. The highest BCUT2D eigenvalue weighted by Gasteiger charge is 2.12. The molecule has 0 saturated carbocycles. The van der Waals surface area contributed by atoms with Crippen LogP contribution in [0, 0.1) is 17.1 Å². The predicted octanol–water partition coefficient (Wildman–Crippen LogP) is 6.26. The van der Waals surface area contributed by atoms with Crippen molar-refractivity contribution in [2.24, 2.45) is 0 Å². The number of nitrogens with one attached hydrogen (secondary N) is 1. The Morgan fingerprint density at radius 2 is 1.80 bits per heavy atom. The van der Waals surface area contributed by atoms with Crippen LogP contribution < -0.4 is 10.1 Å². The van der Waals surface area contributed by atoms with Crippen LogP contribution in [0.2, 0.25) is 10.0 Å². The number of benzene rings is 3. The zero-order valence-corrected chi connectivity index (χ0v) is 17.0. The Hall–Kier alpha value is -3.33. The first-order valence-corrected chi connectivity index (χ1v) is 9.57. The highest BCUT2D eigenvalue weighted by atomic mass is 35.5. The summed E-state index contributed by atoms with van der Waals surface area (Å²) in [7, 11) is 0. The third kappa shape index (κ3) is 5.38. The molecule has 0 atom stereocenters. The predicted molar refractivity (Wildman–Crippen MR) is 116 cm³/mol. The largest absolute Gasteiger partial charge is 0.488 e. The van der Waals surface area contributed by atoms with Crippen LogP contribution >= 0.6 is 23.2 Å². The molecule has 0 heterocycles. The summed E-state index contributed by atoms with van der Waals surface area (Å²) in [4.78, 5) is 12.5. The fraction of sp³-hybridized carbons (Fsp3) is 0.0435. The molecule has 0 radical (unpaired) electrons. The van der Waals surface area contributed by atoms with Crippen LogP contribution in [-0.2, 0) is 11.4 Å². The third-order valence-corrected chi connectivity index (χ3v) is 4.84. The monoisotopic (exact) mass is 440 g/mol. The van der Waals surface area contributed by atoms with E-state index in [9.17, 15) is 14.4 Å². The van der Waals surface area contributed by atoms with Crippen LogP contribution in [-0.4, -0.2) is 5.91 Å². The van der Waals surface area contributed by atoms with E-state index in [1.165, 1.54) is 18.2 Å². The van der Waals surface area contributed by atoms with E-state index in [1.807, 2.05) is 6.07 Å². The normalized spacial score (nSPS) is 10.9. The lowest BCUT2D eigenvalue weighted by atomic mass is 10.1. The van der Waals surface area contributed by atoms with Crippen LogP contribution in [0.5, 0.6) is 5.75 Å². The minimum absolute atomic E-state index is 0.00881. The average molecular weight is 441 g/mol. The number of ether oxygens (including phenoxy) is 1. The number of rotatable bonds is 6. The summed E-state index contributed by atoms with van der Waals surface area (Å²) in [5.74, 6) is -0.570. The molecule has 7 heteroatoms. The molecule has 3 rings (SSSR count). The summed E-state index contributed by atoms with van der Waals surface area (Å²) in [5.41, 5.74) is 1.17. The zero-order chi connectivity index (χ0) is 21.5. The number of nitriles is 1. The summed E-state index contributed by atoms with van der Waals surface area (Å²) >= 11 is 11.8. The summed E-state index contributed by atoms with van der Waals surface area (Å²) in [5, 5.41) is 12.7. The molecule has 0 unspecified atom stereocenters. The van der Waals surface area contributed by atoms with Crippen LogP contribution in [0.3, 0.4) is 0 Å². The van der Waals surface area contributed by atoms with E-state index in [4.69, 9.17) is 27.9 Å². The second-order valence-corrected chi connectivity index (χ2v) is 6.99. The van der Waals surface area contributed by atoms with E-state index < -0.39 is 5.91 Å². The second kappa shape index (κ2) is 9.93. The molecule has 3 aromatic rings. The van der Waals surface area contributed by atoms with Gasteiger partial charge >= 0.3 is 0 Å². The van der Waals surface area contributed by atoms with E-state index in [0.717, 1.165) is 0 Å². The fourth-order valence-corrected chi connectivity index (χ4v) is 2.88. The Labute approximate surface area is 183 Å². The van der Waals surface area contributed by atoms with Gasteiger partial charge in [0.1, 0.15) is 29.8 Å². The van der Waals surface area contributed by atoms with Gasteiger partial charge in [0.25, 0.3) is 5.91 Å². The minimum Gasteiger partial charge on any atom is -0.488 e. The van der Waals surface area contributed by atoms with Gasteiger partial charge in [-0.3, -0.25) is 4.79 Å². The van der Waals surface area contributed by atoms with Crippen molar-refractivity contribution in [3.63, 3.8) is 0 Å². The zero-order valence-electron chi connectivity index (χ0n) is 15.5. The first kappa shape index (κ1) is 21.4. The molecule has 0 aliphatic heterocycles. The topological polar surface area (TPSA) is 62.1 Å². The number of hydrogen-bond acceptors (Lipinski definition) is 3. The molecule has 150 valence electrons. The fourth-order valence-electron chi connectivity index (χ4n) is 2.58. The number of carbonyl (C=O) groups is 1. The molecule has 0 saturated heterocycles. The van der Waals surface area contributed by atoms with E-state index in [1.54, 1.807) is 54.6 Å². The number of carbonyl (C=O) groups excluding carboxylic acids is 1. The molecular formula is C23H15Cl2FN2O2. The molecule has 3 aromatic carbocycles. The van der Waals surface area contributed by atoms with Crippen molar-refractivity contribution in [3.05, 3.63) is 99.3 Å². The van der Waals surface area contributed by atoms with Crippen LogP contribution in [0.1, 0.15) is 11.1 Å². The van der Waals surface area contributed by atoms with E-state index >= 15 is 0 Å². The van der Waals surface area contributed by atoms with Crippen molar-refractivity contribution in [2.75, 3.05) is 5.32 Å². The SMILES string of the molecule is N#C/C(=C\c1ccccc1OCc1ccccc1F)C(=O)Nc1ccc(Cl)c(Cl)c1. The van der Waals surface area contributed by atoms with Crippen molar-refractivity contribution >= 4 is 40.9 Å². The van der Waals surface area contributed by atoms with Gasteiger partial charge in [-0.25, -0.2) is 4.39 Å². The number of anilines is 1. The molecule has 0 fully saturated rings. The van der Waals surface area contributed by atoms with Crippen molar-refractivity contribution in [1.29, 1.82) is 5.26 Å². The van der Waals surface area contributed by atoms with Gasteiger partial charge in [-0.2, -0.15) is 5.26 Å². The summed E-state index contributed by atoms with van der Waals surface area (Å²) in [6.07, 6.45) is 1.41. The highest BCUT2D eigenvalue weighted by Crippen LogP contribution is 2.26. The minimum atomic E-state index is -0.611. The Balaban J connectivity index is 1.80. The summed E-state index contributed by atoms with van der Waals surface area (Å²) in [6.45, 7) is 0.00881. The van der Waals surface area contributed by atoms with Crippen molar-refractivity contribution < 1.29 is 13.9 Å². The molecule has 30 heavy (non-hydrogen) atoms. The standard InChI is InChI=1S/C23H15Cl2FN2O2/c24-19-10-9-18(12-20(19)25)28-23(29)17(13-27)11-15-5-2-4-8-22(15)30-14-16-6-1-3-7-21(16)26/h1-12H,14H2,(H,28,29)/b17-11+. The molecular weight excluding hydrogens is 426 g/mol. The number of nitrogens with zero attached hydrogens (tertiary/aromatic N) is 1. The van der Waals surface area contributed by atoms with E-state index in [0.29, 0.717) is 27.6 Å². The maximum atomic E-state index is 13.8. The van der Waals surface area contributed by atoms with Gasteiger partial charge in [0, 0.05) is 16.8 Å². The average Bonchev–Trinajstić information content (AvgIpc) is 2.74. The highest BCUT2D eigenvalue weighted by molar-refractivity contribution is 6.42. The lowest BCUT2D eigenvalue weighted by Crippen LogP contribution is -2.13. The van der Waals surface area contributed by atoms with Gasteiger partial charge in [0.05, 0.1) is 10.0 Å². The second-order valence-electron chi connectivity index (χ2n) is 6.17. The smallest absolute Gasteiger partial charge is 0.266 e. The van der Waals surface area contributed by atoms with Crippen molar-refractivity contribution in [3.8, 4) is 11.8 Å². The molecule has 1 N–H and O–H groups in total. The lowest BCUT2D eigenvalue weighted by molar-refractivity contribution is -0.112. The maximum absolute atomic E-state index is 13.8. The van der Waals surface area contributed by atoms with Gasteiger partial charge in [0.2, 0.25) is 0 Å². The van der Waals surface area contributed by atoms with Gasteiger partial charge < -0.3 is 10.1 Å².